The Kier molecular flexibility index (Phi) is 6.21. The van der Waals surface area contributed by atoms with Crippen molar-refractivity contribution in [3.05, 3.63) is 56.4 Å². The normalized spacial score (nSPS) is 17.0. The fourth-order valence-electron chi connectivity index (χ4n) is 3.70. The summed E-state index contributed by atoms with van der Waals surface area (Å²) in [5, 5.41) is 15.2. The van der Waals surface area contributed by atoms with Crippen LogP contribution < -0.4 is 21.9 Å². The number of nitrogens with zero attached hydrogens (tertiary/aromatic N) is 2. The monoisotopic (exact) mass is 414 g/mol. The Morgan fingerprint density at radius 2 is 1.87 bits per heavy atom. The Labute approximate surface area is 173 Å². The number of hydrogen-bond donors (Lipinski definition) is 3. The first-order valence-electron chi connectivity index (χ1n) is 9.83. The zero-order valence-electron chi connectivity index (χ0n) is 17.3. The summed E-state index contributed by atoms with van der Waals surface area (Å²) in [6.45, 7) is 2.46. The van der Waals surface area contributed by atoms with Crippen LogP contribution in [0.3, 0.4) is 0 Å². The number of rotatable bonds is 6. The molecule has 1 fully saturated rings. The highest BCUT2D eigenvalue weighted by Crippen LogP contribution is 2.19. The molecule has 1 saturated heterocycles. The Bertz CT molecular complexity index is 1080. The number of hydrogen-bond acceptors (Lipinski definition) is 5. The SMILES string of the molecule is Cc1c(-c2ccc(C[C@H](NC(=O)[C@@H]3CCCN3)C(=O)O)cc2)c(=O)n(C)c(=O)n1C. The molecule has 1 aliphatic rings. The molecular weight excluding hydrogens is 388 g/mol. The maximum Gasteiger partial charge on any atom is 0.330 e. The minimum atomic E-state index is -1.10. The Balaban J connectivity index is 1.81. The van der Waals surface area contributed by atoms with Crippen LogP contribution in [-0.2, 0) is 30.1 Å². The first kappa shape index (κ1) is 21.5. The van der Waals surface area contributed by atoms with E-state index in [9.17, 15) is 24.3 Å². The summed E-state index contributed by atoms with van der Waals surface area (Å²) >= 11 is 0. The van der Waals surface area contributed by atoms with Gasteiger partial charge in [-0.2, -0.15) is 0 Å². The van der Waals surface area contributed by atoms with Crippen molar-refractivity contribution in [3.8, 4) is 11.1 Å². The third-order valence-corrected chi connectivity index (χ3v) is 5.63. The first-order valence-corrected chi connectivity index (χ1v) is 9.83. The van der Waals surface area contributed by atoms with Gasteiger partial charge in [-0.15, -0.1) is 0 Å². The Morgan fingerprint density at radius 1 is 1.20 bits per heavy atom. The summed E-state index contributed by atoms with van der Waals surface area (Å²) in [5.74, 6) is -1.41. The number of carboxylic acid groups (broad SMARTS) is 1. The molecule has 1 amide bonds. The van der Waals surface area contributed by atoms with Gasteiger partial charge in [0.25, 0.3) is 5.56 Å². The maximum atomic E-state index is 12.6. The van der Waals surface area contributed by atoms with Crippen LogP contribution in [0.2, 0.25) is 0 Å². The molecule has 30 heavy (non-hydrogen) atoms. The molecule has 2 aromatic rings. The van der Waals surface area contributed by atoms with E-state index in [1.807, 2.05) is 0 Å². The number of aromatic nitrogens is 2. The van der Waals surface area contributed by atoms with Gasteiger partial charge in [-0.3, -0.25) is 14.2 Å². The van der Waals surface area contributed by atoms with Crippen LogP contribution in [0.5, 0.6) is 0 Å². The number of carbonyl (C=O) groups is 2. The highest BCUT2D eigenvalue weighted by molar-refractivity contribution is 5.87. The van der Waals surface area contributed by atoms with Crippen LogP contribution in [0.1, 0.15) is 24.1 Å². The van der Waals surface area contributed by atoms with E-state index in [1.54, 1.807) is 38.2 Å². The molecule has 9 heteroatoms. The van der Waals surface area contributed by atoms with E-state index in [-0.39, 0.29) is 23.9 Å². The summed E-state index contributed by atoms with van der Waals surface area (Å²) in [6.07, 6.45) is 1.71. The molecule has 0 unspecified atom stereocenters. The molecule has 2 atom stereocenters. The van der Waals surface area contributed by atoms with E-state index in [4.69, 9.17) is 0 Å². The third-order valence-electron chi connectivity index (χ3n) is 5.63. The Morgan fingerprint density at radius 3 is 2.43 bits per heavy atom. The lowest BCUT2D eigenvalue weighted by atomic mass is 10.00. The first-order chi connectivity index (χ1) is 14.2. The minimum absolute atomic E-state index is 0.123. The van der Waals surface area contributed by atoms with Crippen LogP contribution in [0.4, 0.5) is 0 Å². The summed E-state index contributed by atoms with van der Waals surface area (Å²) < 4.78 is 2.47. The van der Waals surface area contributed by atoms with Gasteiger partial charge in [0, 0.05) is 26.2 Å². The van der Waals surface area contributed by atoms with Gasteiger partial charge in [0.2, 0.25) is 5.91 Å². The predicted octanol–water partition coefficient (Wildman–Crippen LogP) is -0.0767. The van der Waals surface area contributed by atoms with Crippen molar-refractivity contribution < 1.29 is 14.7 Å². The Hall–Kier alpha value is -3.20. The molecule has 3 rings (SSSR count). The fraction of sp³-hybridized carbons (Fsp3) is 0.429. The second kappa shape index (κ2) is 8.66. The predicted molar refractivity (Wildman–Crippen MR) is 111 cm³/mol. The van der Waals surface area contributed by atoms with Crippen molar-refractivity contribution >= 4 is 11.9 Å². The number of carboxylic acids is 1. The number of nitrogens with one attached hydrogen (secondary N) is 2. The molecule has 160 valence electrons. The van der Waals surface area contributed by atoms with Crippen molar-refractivity contribution in [1.82, 2.24) is 19.8 Å². The average molecular weight is 414 g/mol. The van der Waals surface area contributed by atoms with Gasteiger partial charge in [0.15, 0.2) is 0 Å². The second-order valence-corrected chi connectivity index (χ2v) is 7.62. The van der Waals surface area contributed by atoms with Gasteiger partial charge >= 0.3 is 11.7 Å². The molecule has 1 aromatic heterocycles. The second-order valence-electron chi connectivity index (χ2n) is 7.62. The molecule has 0 radical (unpaired) electrons. The molecule has 9 nitrogen and oxygen atoms in total. The van der Waals surface area contributed by atoms with Crippen LogP contribution in [0, 0.1) is 6.92 Å². The molecule has 0 aliphatic carbocycles. The molecule has 0 spiro atoms. The van der Waals surface area contributed by atoms with Crippen molar-refractivity contribution in [2.45, 2.75) is 38.3 Å². The standard InChI is InChI=1S/C21H26N4O5/c1-12-17(19(27)25(3)21(30)24(12)2)14-8-6-13(7-9-14)11-16(20(28)29)23-18(26)15-5-4-10-22-15/h6-9,15-16,22H,4-5,10-11H2,1-3H3,(H,23,26)(H,28,29)/t15-,16-/m0/s1. The fourth-order valence-corrected chi connectivity index (χ4v) is 3.70. The molecule has 0 saturated carbocycles. The van der Waals surface area contributed by atoms with E-state index in [2.05, 4.69) is 10.6 Å². The quantitative estimate of drug-likeness (QED) is 0.608. The van der Waals surface area contributed by atoms with Gasteiger partial charge in [-0.25, -0.2) is 9.59 Å². The summed E-state index contributed by atoms with van der Waals surface area (Å²) in [6, 6.07) is 5.52. The van der Waals surface area contributed by atoms with E-state index in [0.717, 1.165) is 17.5 Å². The topological polar surface area (TPSA) is 122 Å². The highest BCUT2D eigenvalue weighted by Gasteiger charge is 2.27. The van der Waals surface area contributed by atoms with E-state index in [0.29, 0.717) is 28.8 Å². The van der Waals surface area contributed by atoms with E-state index in [1.165, 1.54) is 11.6 Å². The lowest BCUT2D eigenvalue weighted by molar-refractivity contribution is -0.142. The van der Waals surface area contributed by atoms with Gasteiger partial charge < -0.3 is 20.3 Å². The van der Waals surface area contributed by atoms with Gasteiger partial charge in [0.1, 0.15) is 6.04 Å². The molecule has 3 N–H and O–H groups in total. The molecule has 2 heterocycles. The van der Waals surface area contributed by atoms with Gasteiger partial charge in [-0.1, -0.05) is 24.3 Å². The van der Waals surface area contributed by atoms with Crippen LogP contribution in [0.25, 0.3) is 11.1 Å². The molecule has 0 bridgehead atoms. The van der Waals surface area contributed by atoms with E-state index >= 15 is 0 Å². The van der Waals surface area contributed by atoms with Gasteiger partial charge in [0.05, 0.1) is 11.6 Å². The lowest BCUT2D eigenvalue weighted by Gasteiger charge is -2.18. The van der Waals surface area contributed by atoms with Crippen molar-refractivity contribution in [2.24, 2.45) is 14.1 Å². The lowest BCUT2D eigenvalue weighted by Crippen LogP contribution is -2.49. The van der Waals surface area contributed by atoms with Crippen LogP contribution in [0.15, 0.2) is 33.9 Å². The zero-order chi connectivity index (χ0) is 22.0. The number of benzene rings is 1. The van der Waals surface area contributed by atoms with Crippen LogP contribution in [-0.4, -0.2) is 44.7 Å². The summed E-state index contributed by atoms with van der Waals surface area (Å²) in [5.41, 5.74) is 1.54. The average Bonchev–Trinajstić information content (AvgIpc) is 3.26. The number of aliphatic carboxylic acids is 1. The van der Waals surface area contributed by atoms with Crippen molar-refractivity contribution in [1.29, 1.82) is 0 Å². The van der Waals surface area contributed by atoms with Crippen molar-refractivity contribution in [3.63, 3.8) is 0 Å². The highest BCUT2D eigenvalue weighted by atomic mass is 16.4. The maximum absolute atomic E-state index is 12.6. The van der Waals surface area contributed by atoms with Crippen molar-refractivity contribution in [2.75, 3.05) is 6.54 Å². The smallest absolute Gasteiger partial charge is 0.330 e. The number of amides is 1. The molecule has 1 aromatic carbocycles. The summed E-state index contributed by atoms with van der Waals surface area (Å²) in [4.78, 5) is 48.5. The minimum Gasteiger partial charge on any atom is -0.480 e. The van der Waals surface area contributed by atoms with Gasteiger partial charge in [-0.05, 0) is 37.4 Å². The summed E-state index contributed by atoms with van der Waals surface area (Å²) in [7, 11) is 3.04. The third kappa shape index (κ3) is 4.20. The molecule has 1 aliphatic heterocycles. The number of carbonyl (C=O) groups excluding carboxylic acids is 1. The zero-order valence-corrected chi connectivity index (χ0v) is 17.3. The molecular formula is C21H26N4O5. The van der Waals surface area contributed by atoms with E-state index < -0.39 is 17.7 Å². The van der Waals surface area contributed by atoms with Crippen LogP contribution >= 0.6 is 0 Å². The largest absolute Gasteiger partial charge is 0.480 e.